The predicted molar refractivity (Wildman–Crippen MR) is 131 cm³/mol. The number of aryl methyl sites for hydroxylation is 2. The number of hydrogen-bond donors (Lipinski definition) is 1. The molecule has 1 aliphatic rings. The molecule has 2 heterocycles. The first-order valence-corrected chi connectivity index (χ1v) is 11.8. The summed E-state index contributed by atoms with van der Waals surface area (Å²) in [6.45, 7) is 4.27. The molecule has 6 nitrogen and oxygen atoms in total. The first-order valence-electron chi connectivity index (χ1n) is 11.4. The topological polar surface area (TPSA) is 65.8 Å². The third-order valence-corrected chi connectivity index (χ3v) is 6.83. The zero-order valence-corrected chi connectivity index (χ0v) is 20.6. The Morgan fingerprint density at radius 3 is 2.42 bits per heavy atom. The van der Waals surface area contributed by atoms with E-state index >= 15 is 0 Å². The molecule has 0 radical (unpaired) electrons. The molecule has 0 saturated carbocycles. The van der Waals surface area contributed by atoms with E-state index in [1.807, 2.05) is 44.2 Å². The minimum Gasteiger partial charge on any atom is -0.502 e. The summed E-state index contributed by atoms with van der Waals surface area (Å²) in [6, 6.07) is 11.0. The van der Waals surface area contributed by atoms with Crippen molar-refractivity contribution in [3.63, 3.8) is 0 Å². The highest BCUT2D eigenvalue weighted by Crippen LogP contribution is 2.37. The lowest BCUT2D eigenvalue weighted by atomic mass is 9.90. The van der Waals surface area contributed by atoms with Gasteiger partial charge in [-0.15, -0.1) is 0 Å². The lowest BCUT2D eigenvalue weighted by molar-refractivity contribution is -0.173. The number of halogens is 4. The van der Waals surface area contributed by atoms with Crippen LogP contribution in [0.5, 0.6) is 5.75 Å². The van der Waals surface area contributed by atoms with Crippen molar-refractivity contribution in [3.8, 4) is 5.75 Å². The summed E-state index contributed by atoms with van der Waals surface area (Å²) in [6.07, 6.45) is -2.82. The van der Waals surface area contributed by atoms with Crippen LogP contribution in [-0.2, 0) is 6.42 Å². The molecule has 190 valence electrons. The van der Waals surface area contributed by atoms with Crippen LogP contribution in [0.3, 0.4) is 0 Å². The van der Waals surface area contributed by atoms with Crippen molar-refractivity contribution in [3.05, 3.63) is 97.9 Å². The average molecular weight is 520 g/mol. The van der Waals surface area contributed by atoms with Crippen molar-refractivity contribution >= 4 is 17.5 Å². The summed E-state index contributed by atoms with van der Waals surface area (Å²) in [7, 11) is 0. The molecule has 3 aromatic rings. The fourth-order valence-electron chi connectivity index (χ4n) is 4.57. The van der Waals surface area contributed by atoms with Gasteiger partial charge < -0.3 is 10.0 Å². The fourth-order valence-corrected chi connectivity index (χ4v) is 4.76. The molecule has 10 heteroatoms. The first kappa shape index (κ1) is 25.6. The highest BCUT2D eigenvalue weighted by molar-refractivity contribution is 6.30. The van der Waals surface area contributed by atoms with E-state index in [1.54, 1.807) is 17.1 Å². The molecule has 0 aliphatic carbocycles. The molecule has 4 rings (SSSR count). The van der Waals surface area contributed by atoms with Crippen LogP contribution in [-0.4, -0.2) is 39.5 Å². The van der Waals surface area contributed by atoms with E-state index in [2.05, 4.69) is 0 Å². The van der Waals surface area contributed by atoms with Crippen molar-refractivity contribution in [2.45, 2.75) is 45.5 Å². The molecule has 0 fully saturated rings. The molecule has 0 spiro atoms. The van der Waals surface area contributed by atoms with E-state index in [9.17, 15) is 27.9 Å². The molecule has 0 bridgehead atoms. The van der Waals surface area contributed by atoms with Crippen LogP contribution in [0.2, 0.25) is 5.02 Å². The number of aromatic hydroxyl groups is 1. The third-order valence-electron chi connectivity index (χ3n) is 6.59. The standard InChI is InChI=1S/C26H25ClF3N3O3/c1-4-17-13-18(27)9-10-20(17)22(19-8-6-5-7-15(19)2)33-14-31(16(3)26(28,29)30)25(36)23-24(35)21(34)11-12-32(23)33/h5-13,16,22,35H,4,14H2,1-3H3/t16-,22?/m1/s1. The molecule has 0 saturated heterocycles. The van der Waals surface area contributed by atoms with Crippen LogP contribution in [0.15, 0.2) is 59.5 Å². The van der Waals surface area contributed by atoms with Crippen molar-refractivity contribution in [1.29, 1.82) is 0 Å². The van der Waals surface area contributed by atoms with Gasteiger partial charge in [0.15, 0.2) is 11.4 Å². The lowest BCUT2D eigenvalue weighted by Crippen LogP contribution is -2.60. The Labute approximate surface area is 211 Å². The first-order chi connectivity index (χ1) is 17.0. The van der Waals surface area contributed by atoms with E-state index in [0.29, 0.717) is 16.3 Å². The normalized spacial score (nSPS) is 15.6. The second-order valence-corrected chi connectivity index (χ2v) is 9.19. The number of pyridine rings is 1. The Balaban J connectivity index is 2.03. The molecule has 1 aliphatic heterocycles. The molecule has 1 N–H and O–H groups in total. The van der Waals surface area contributed by atoms with Gasteiger partial charge in [-0.05, 0) is 54.7 Å². The van der Waals surface area contributed by atoms with Gasteiger partial charge in [0.25, 0.3) is 5.91 Å². The number of hydrogen-bond acceptors (Lipinski definition) is 4. The number of fused-ring (bicyclic) bond motifs is 1. The Kier molecular flexibility index (Phi) is 6.79. The quantitative estimate of drug-likeness (QED) is 0.505. The van der Waals surface area contributed by atoms with Gasteiger partial charge in [-0.1, -0.05) is 48.9 Å². The summed E-state index contributed by atoms with van der Waals surface area (Å²) in [4.78, 5) is 26.1. The predicted octanol–water partition coefficient (Wildman–Crippen LogP) is 5.17. The van der Waals surface area contributed by atoms with Crippen molar-refractivity contribution in [2.75, 3.05) is 11.7 Å². The molecule has 1 unspecified atom stereocenters. The molecule has 1 aromatic heterocycles. The van der Waals surface area contributed by atoms with Crippen molar-refractivity contribution < 1.29 is 23.1 Å². The SMILES string of the molecule is CCc1cc(Cl)ccc1C(c1ccccc1C)N1CN([C@H](C)C(F)(F)F)C(=O)c2c(O)c(=O)ccn21. The number of aromatic nitrogens is 1. The van der Waals surface area contributed by atoms with Gasteiger partial charge in [-0.2, -0.15) is 13.2 Å². The highest BCUT2D eigenvalue weighted by Gasteiger charge is 2.47. The summed E-state index contributed by atoms with van der Waals surface area (Å²) >= 11 is 6.25. The Bertz CT molecular complexity index is 1370. The minimum atomic E-state index is -4.72. The second-order valence-electron chi connectivity index (χ2n) is 8.75. The number of nitrogens with zero attached hydrogens (tertiary/aromatic N) is 3. The largest absolute Gasteiger partial charge is 0.502 e. The third kappa shape index (κ3) is 4.43. The zero-order valence-electron chi connectivity index (χ0n) is 19.9. The number of amides is 1. The van der Waals surface area contributed by atoms with Crippen LogP contribution in [0.4, 0.5) is 13.2 Å². The van der Waals surface area contributed by atoms with Crippen LogP contribution < -0.4 is 10.4 Å². The molecule has 2 aromatic carbocycles. The average Bonchev–Trinajstić information content (AvgIpc) is 2.83. The number of benzene rings is 2. The molecule has 1 amide bonds. The lowest BCUT2D eigenvalue weighted by Gasteiger charge is -2.46. The number of carbonyl (C=O) groups is 1. The van der Waals surface area contributed by atoms with Gasteiger partial charge in [0, 0.05) is 17.3 Å². The van der Waals surface area contributed by atoms with Gasteiger partial charge in [0.2, 0.25) is 5.43 Å². The smallest absolute Gasteiger partial charge is 0.408 e. The maximum Gasteiger partial charge on any atom is 0.408 e. The minimum absolute atomic E-state index is 0.445. The van der Waals surface area contributed by atoms with E-state index in [1.165, 1.54) is 10.9 Å². The van der Waals surface area contributed by atoms with Crippen LogP contribution >= 0.6 is 11.6 Å². The molecule has 2 atom stereocenters. The number of rotatable bonds is 5. The van der Waals surface area contributed by atoms with Gasteiger partial charge in [-0.3, -0.25) is 19.3 Å². The van der Waals surface area contributed by atoms with E-state index < -0.39 is 47.7 Å². The van der Waals surface area contributed by atoms with E-state index in [4.69, 9.17) is 11.6 Å². The number of carbonyl (C=O) groups excluding carboxylic acids is 1. The van der Waals surface area contributed by atoms with Gasteiger partial charge >= 0.3 is 6.18 Å². The summed E-state index contributed by atoms with van der Waals surface area (Å²) in [5, 5.41) is 12.6. The van der Waals surface area contributed by atoms with Gasteiger partial charge in [0.1, 0.15) is 12.7 Å². The Morgan fingerprint density at radius 1 is 1.08 bits per heavy atom. The maximum atomic E-state index is 13.8. The van der Waals surface area contributed by atoms with Crippen molar-refractivity contribution in [1.82, 2.24) is 9.58 Å². The van der Waals surface area contributed by atoms with Crippen LogP contribution in [0.1, 0.15) is 52.6 Å². The summed E-state index contributed by atoms with van der Waals surface area (Å²) in [5.74, 6) is -1.98. The molecule has 36 heavy (non-hydrogen) atoms. The van der Waals surface area contributed by atoms with Gasteiger partial charge in [-0.25, -0.2) is 0 Å². The van der Waals surface area contributed by atoms with Crippen LogP contribution in [0, 0.1) is 6.92 Å². The highest BCUT2D eigenvalue weighted by atomic mass is 35.5. The monoisotopic (exact) mass is 519 g/mol. The summed E-state index contributed by atoms with van der Waals surface area (Å²) < 4.78 is 42.7. The second kappa shape index (κ2) is 9.54. The summed E-state index contributed by atoms with van der Waals surface area (Å²) in [5.41, 5.74) is 1.93. The number of alkyl halides is 3. The maximum absolute atomic E-state index is 13.8. The molecular formula is C26H25ClF3N3O3. The zero-order chi connectivity index (χ0) is 26.4. The Hall–Kier alpha value is -3.46. The molecular weight excluding hydrogens is 495 g/mol. The van der Waals surface area contributed by atoms with Crippen LogP contribution in [0.25, 0.3) is 0 Å². The van der Waals surface area contributed by atoms with Gasteiger partial charge in [0.05, 0.1) is 6.04 Å². The fraction of sp³-hybridized carbons (Fsp3) is 0.308. The Morgan fingerprint density at radius 2 is 1.78 bits per heavy atom. The van der Waals surface area contributed by atoms with E-state index in [-0.39, 0.29) is 0 Å². The van der Waals surface area contributed by atoms with E-state index in [0.717, 1.165) is 35.2 Å². The van der Waals surface area contributed by atoms with Crippen molar-refractivity contribution in [2.24, 2.45) is 0 Å².